The lowest BCUT2D eigenvalue weighted by molar-refractivity contribution is 0.551. The van der Waals surface area contributed by atoms with Crippen molar-refractivity contribution in [3.63, 3.8) is 0 Å². The fourth-order valence-electron chi connectivity index (χ4n) is 2.20. The van der Waals surface area contributed by atoms with Crippen molar-refractivity contribution >= 4 is 27.3 Å². The lowest BCUT2D eigenvalue weighted by Crippen LogP contribution is -2.23. The van der Waals surface area contributed by atoms with Gasteiger partial charge in [0.25, 0.3) is 0 Å². The summed E-state index contributed by atoms with van der Waals surface area (Å²) < 4.78 is 1.15. The largest absolute Gasteiger partial charge is 0.310 e. The molecule has 0 saturated heterocycles. The molecule has 1 aromatic heterocycles. The molecule has 96 valence electrons. The summed E-state index contributed by atoms with van der Waals surface area (Å²) in [6.07, 6.45) is 1.06. The highest BCUT2D eigenvalue weighted by molar-refractivity contribution is 9.10. The van der Waals surface area contributed by atoms with Gasteiger partial charge in [0, 0.05) is 21.8 Å². The zero-order chi connectivity index (χ0) is 13.0. The molecule has 1 heterocycles. The molecule has 0 radical (unpaired) electrons. The Labute approximate surface area is 121 Å². The SMILES string of the molecule is CCNC(Cc1cccs1)c1ccc(Br)cc1C. The van der Waals surface area contributed by atoms with Gasteiger partial charge in [0.05, 0.1) is 0 Å². The van der Waals surface area contributed by atoms with Gasteiger partial charge >= 0.3 is 0 Å². The molecule has 0 spiro atoms. The molecule has 1 aromatic carbocycles. The zero-order valence-electron chi connectivity index (χ0n) is 10.7. The number of aryl methyl sites for hydroxylation is 1. The maximum absolute atomic E-state index is 3.59. The van der Waals surface area contributed by atoms with Crippen molar-refractivity contribution in [2.75, 3.05) is 6.54 Å². The van der Waals surface area contributed by atoms with Gasteiger partial charge in [0.1, 0.15) is 0 Å². The van der Waals surface area contributed by atoms with Crippen molar-refractivity contribution in [3.8, 4) is 0 Å². The maximum Gasteiger partial charge on any atom is 0.0371 e. The topological polar surface area (TPSA) is 12.0 Å². The van der Waals surface area contributed by atoms with Gasteiger partial charge in [-0.2, -0.15) is 0 Å². The first-order chi connectivity index (χ1) is 8.70. The summed E-state index contributed by atoms with van der Waals surface area (Å²) in [4.78, 5) is 1.43. The van der Waals surface area contributed by atoms with Crippen LogP contribution in [0.25, 0.3) is 0 Å². The van der Waals surface area contributed by atoms with Crippen LogP contribution in [0.4, 0.5) is 0 Å². The first kappa shape index (κ1) is 13.8. The number of nitrogens with one attached hydrogen (secondary N) is 1. The van der Waals surface area contributed by atoms with Gasteiger partial charge in [-0.15, -0.1) is 11.3 Å². The molecule has 0 aliphatic rings. The molecule has 0 aliphatic heterocycles. The van der Waals surface area contributed by atoms with E-state index in [1.54, 1.807) is 0 Å². The Morgan fingerprint density at radius 2 is 2.17 bits per heavy atom. The van der Waals surface area contributed by atoms with Crippen LogP contribution in [0.3, 0.4) is 0 Å². The highest BCUT2D eigenvalue weighted by Gasteiger charge is 2.14. The number of thiophene rings is 1. The lowest BCUT2D eigenvalue weighted by Gasteiger charge is -2.20. The van der Waals surface area contributed by atoms with Gasteiger partial charge in [-0.05, 0) is 48.2 Å². The zero-order valence-corrected chi connectivity index (χ0v) is 13.1. The minimum absolute atomic E-state index is 0.404. The van der Waals surface area contributed by atoms with Gasteiger partial charge in [0.15, 0.2) is 0 Å². The molecule has 2 rings (SSSR count). The van der Waals surface area contributed by atoms with Crippen molar-refractivity contribution in [2.45, 2.75) is 26.3 Å². The Bertz CT molecular complexity index is 493. The van der Waals surface area contributed by atoms with Crippen molar-refractivity contribution in [2.24, 2.45) is 0 Å². The van der Waals surface area contributed by atoms with Crippen LogP contribution < -0.4 is 5.32 Å². The first-order valence-corrected chi connectivity index (χ1v) is 7.89. The summed E-state index contributed by atoms with van der Waals surface area (Å²) in [5.41, 5.74) is 2.74. The highest BCUT2D eigenvalue weighted by Crippen LogP contribution is 2.26. The molecule has 2 aromatic rings. The summed E-state index contributed by atoms with van der Waals surface area (Å²) in [7, 11) is 0. The van der Waals surface area contributed by atoms with Crippen molar-refractivity contribution in [3.05, 3.63) is 56.2 Å². The van der Waals surface area contributed by atoms with E-state index in [4.69, 9.17) is 0 Å². The van der Waals surface area contributed by atoms with Crippen molar-refractivity contribution in [1.29, 1.82) is 0 Å². The molecule has 1 atom stereocenters. The van der Waals surface area contributed by atoms with E-state index < -0.39 is 0 Å². The molecule has 1 unspecified atom stereocenters. The van der Waals surface area contributed by atoms with Gasteiger partial charge in [-0.3, -0.25) is 0 Å². The fraction of sp³-hybridized carbons (Fsp3) is 0.333. The molecule has 3 heteroatoms. The molecule has 18 heavy (non-hydrogen) atoms. The predicted octanol–water partition coefficient (Wildman–Crippen LogP) is 4.71. The number of rotatable bonds is 5. The van der Waals surface area contributed by atoms with Crippen LogP contribution >= 0.6 is 27.3 Å². The van der Waals surface area contributed by atoms with Crippen molar-refractivity contribution in [1.82, 2.24) is 5.32 Å². The number of halogens is 1. The van der Waals surface area contributed by atoms with E-state index in [0.717, 1.165) is 17.4 Å². The molecule has 0 saturated carbocycles. The Morgan fingerprint density at radius 3 is 2.78 bits per heavy atom. The number of hydrogen-bond donors (Lipinski definition) is 1. The summed E-state index contributed by atoms with van der Waals surface area (Å²) in [6.45, 7) is 5.33. The maximum atomic E-state index is 3.59. The quantitative estimate of drug-likeness (QED) is 0.840. The summed E-state index contributed by atoms with van der Waals surface area (Å²) in [5.74, 6) is 0. The van der Waals surface area contributed by atoms with Gasteiger partial charge < -0.3 is 5.32 Å². The molecule has 0 aliphatic carbocycles. The van der Waals surface area contributed by atoms with Crippen LogP contribution in [0.15, 0.2) is 40.2 Å². The Balaban J connectivity index is 2.23. The monoisotopic (exact) mass is 323 g/mol. The van der Waals surface area contributed by atoms with Gasteiger partial charge in [0.2, 0.25) is 0 Å². The standard InChI is InChI=1S/C15H18BrNS/c1-3-17-15(10-13-5-4-8-18-13)14-7-6-12(16)9-11(14)2/h4-9,15,17H,3,10H2,1-2H3. The average Bonchev–Trinajstić information content (AvgIpc) is 2.81. The second kappa shape index (κ2) is 6.50. The third kappa shape index (κ3) is 3.44. The molecule has 0 amide bonds. The first-order valence-electron chi connectivity index (χ1n) is 6.22. The number of hydrogen-bond acceptors (Lipinski definition) is 2. The van der Waals surface area contributed by atoms with E-state index in [1.165, 1.54) is 16.0 Å². The third-order valence-corrected chi connectivity index (χ3v) is 4.44. The molecule has 1 nitrogen and oxygen atoms in total. The van der Waals surface area contributed by atoms with Crippen LogP contribution in [-0.4, -0.2) is 6.54 Å². The van der Waals surface area contributed by atoms with Crippen LogP contribution in [0.2, 0.25) is 0 Å². The number of likely N-dealkylation sites (N-methyl/N-ethyl adjacent to an activating group) is 1. The van der Waals surface area contributed by atoms with Crippen LogP contribution in [-0.2, 0) is 6.42 Å². The average molecular weight is 324 g/mol. The lowest BCUT2D eigenvalue weighted by atomic mass is 9.98. The van der Waals surface area contributed by atoms with Crippen LogP contribution in [0.5, 0.6) is 0 Å². The highest BCUT2D eigenvalue weighted by atomic mass is 79.9. The summed E-state index contributed by atoms with van der Waals surface area (Å²) in [5, 5.41) is 5.73. The Kier molecular flexibility index (Phi) is 4.98. The predicted molar refractivity (Wildman–Crippen MR) is 83.3 cm³/mol. The molecule has 1 N–H and O–H groups in total. The second-order valence-corrected chi connectivity index (χ2v) is 6.34. The van der Waals surface area contributed by atoms with Crippen LogP contribution in [0, 0.1) is 6.92 Å². The summed E-state index contributed by atoms with van der Waals surface area (Å²) in [6, 6.07) is 11.3. The Morgan fingerprint density at radius 1 is 1.33 bits per heavy atom. The normalized spacial score (nSPS) is 12.6. The van der Waals surface area contributed by atoms with Gasteiger partial charge in [-0.25, -0.2) is 0 Å². The van der Waals surface area contributed by atoms with Gasteiger partial charge in [-0.1, -0.05) is 35.0 Å². The Hall–Kier alpha value is -0.640. The fourth-order valence-corrected chi connectivity index (χ4v) is 3.43. The molecule has 0 bridgehead atoms. The molecule has 0 fully saturated rings. The van der Waals surface area contributed by atoms with E-state index >= 15 is 0 Å². The van der Waals surface area contributed by atoms with E-state index in [9.17, 15) is 0 Å². The van der Waals surface area contributed by atoms with Crippen LogP contribution in [0.1, 0.15) is 29.0 Å². The minimum atomic E-state index is 0.404. The van der Waals surface area contributed by atoms with Crippen molar-refractivity contribution < 1.29 is 0 Å². The van der Waals surface area contributed by atoms with E-state index in [1.807, 2.05) is 11.3 Å². The van der Waals surface area contributed by atoms with E-state index in [0.29, 0.717) is 6.04 Å². The summed E-state index contributed by atoms with van der Waals surface area (Å²) >= 11 is 5.36. The van der Waals surface area contributed by atoms with E-state index in [2.05, 4.69) is 70.8 Å². The second-order valence-electron chi connectivity index (χ2n) is 4.39. The van der Waals surface area contributed by atoms with E-state index in [-0.39, 0.29) is 0 Å². The molecular weight excluding hydrogens is 306 g/mol. The minimum Gasteiger partial charge on any atom is -0.310 e. The molecular formula is C15H18BrNS. The number of benzene rings is 1. The smallest absolute Gasteiger partial charge is 0.0371 e. The third-order valence-electron chi connectivity index (χ3n) is 3.04.